The quantitative estimate of drug-likeness (QED) is 0.724. The SMILES string of the molecule is CC(C)CCN(C)CC(=O)N1CCC(=O)CC1. The van der Waals surface area contributed by atoms with E-state index in [0.717, 1.165) is 13.0 Å². The van der Waals surface area contributed by atoms with Crippen LogP contribution in [-0.4, -0.2) is 54.7 Å². The molecule has 0 unspecified atom stereocenters. The molecule has 0 bridgehead atoms. The van der Waals surface area contributed by atoms with Crippen LogP contribution >= 0.6 is 0 Å². The summed E-state index contributed by atoms with van der Waals surface area (Å²) in [6.45, 7) is 7.01. The van der Waals surface area contributed by atoms with Gasteiger partial charge in [0.25, 0.3) is 0 Å². The molecular formula is C13H24N2O2. The lowest BCUT2D eigenvalue weighted by atomic mass is 10.1. The molecule has 1 fully saturated rings. The Bertz CT molecular complexity index is 267. The number of nitrogens with zero attached hydrogens (tertiary/aromatic N) is 2. The van der Waals surface area contributed by atoms with Crippen molar-refractivity contribution in [3.8, 4) is 0 Å². The summed E-state index contributed by atoms with van der Waals surface area (Å²) >= 11 is 0. The third-order valence-electron chi connectivity index (χ3n) is 3.17. The number of carbonyl (C=O) groups is 2. The number of hydrogen-bond acceptors (Lipinski definition) is 3. The summed E-state index contributed by atoms with van der Waals surface area (Å²) in [6.07, 6.45) is 2.17. The summed E-state index contributed by atoms with van der Waals surface area (Å²) in [6, 6.07) is 0. The Balaban J connectivity index is 2.26. The Kier molecular flexibility index (Phi) is 5.62. The van der Waals surface area contributed by atoms with Crippen LogP contribution in [0.5, 0.6) is 0 Å². The first-order valence-electron chi connectivity index (χ1n) is 6.47. The average molecular weight is 240 g/mol. The molecule has 1 saturated heterocycles. The molecule has 0 aromatic heterocycles. The fraction of sp³-hybridized carbons (Fsp3) is 0.846. The lowest BCUT2D eigenvalue weighted by molar-refractivity contribution is -0.135. The van der Waals surface area contributed by atoms with E-state index in [4.69, 9.17) is 0 Å². The average Bonchev–Trinajstić information content (AvgIpc) is 2.27. The lowest BCUT2D eigenvalue weighted by Crippen LogP contribution is -2.43. The third kappa shape index (κ3) is 5.31. The number of rotatable bonds is 5. The van der Waals surface area contributed by atoms with Gasteiger partial charge in [-0.2, -0.15) is 0 Å². The van der Waals surface area contributed by atoms with Crippen LogP contribution in [0.3, 0.4) is 0 Å². The summed E-state index contributed by atoms with van der Waals surface area (Å²) in [4.78, 5) is 26.9. The summed E-state index contributed by atoms with van der Waals surface area (Å²) in [7, 11) is 1.98. The second kappa shape index (κ2) is 6.74. The van der Waals surface area contributed by atoms with Gasteiger partial charge in [-0.15, -0.1) is 0 Å². The van der Waals surface area contributed by atoms with Crippen molar-refractivity contribution in [3.63, 3.8) is 0 Å². The van der Waals surface area contributed by atoms with Gasteiger partial charge in [-0.05, 0) is 25.9 Å². The highest BCUT2D eigenvalue weighted by Crippen LogP contribution is 2.07. The van der Waals surface area contributed by atoms with Gasteiger partial charge in [0.1, 0.15) is 5.78 Å². The minimum Gasteiger partial charge on any atom is -0.341 e. The predicted molar refractivity (Wildman–Crippen MR) is 67.8 cm³/mol. The molecule has 0 saturated carbocycles. The zero-order valence-corrected chi connectivity index (χ0v) is 11.2. The number of likely N-dealkylation sites (N-methyl/N-ethyl adjacent to an activating group) is 1. The molecule has 1 rings (SSSR count). The summed E-state index contributed by atoms with van der Waals surface area (Å²) in [5, 5.41) is 0. The van der Waals surface area contributed by atoms with Crippen LogP contribution in [-0.2, 0) is 9.59 Å². The van der Waals surface area contributed by atoms with Gasteiger partial charge in [-0.3, -0.25) is 14.5 Å². The fourth-order valence-electron chi connectivity index (χ4n) is 1.89. The Hall–Kier alpha value is -0.900. The van der Waals surface area contributed by atoms with E-state index in [2.05, 4.69) is 18.7 Å². The van der Waals surface area contributed by atoms with Gasteiger partial charge in [0.15, 0.2) is 0 Å². The minimum absolute atomic E-state index is 0.156. The number of carbonyl (C=O) groups excluding carboxylic acids is 2. The molecule has 1 amide bonds. The van der Waals surface area contributed by atoms with Crippen molar-refractivity contribution in [2.45, 2.75) is 33.1 Å². The molecule has 98 valence electrons. The van der Waals surface area contributed by atoms with Crippen LogP contribution in [0.4, 0.5) is 0 Å². The predicted octanol–water partition coefficient (Wildman–Crippen LogP) is 1.16. The topological polar surface area (TPSA) is 40.6 Å². The van der Waals surface area contributed by atoms with E-state index in [1.165, 1.54) is 0 Å². The summed E-state index contributed by atoms with van der Waals surface area (Å²) in [5.74, 6) is 1.10. The number of piperidine rings is 1. The first-order chi connectivity index (χ1) is 7.99. The van der Waals surface area contributed by atoms with Crippen molar-refractivity contribution in [2.75, 3.05) is 33.2 Å². The largest absolute Gasteiger partial charge is 0.341 e. The molecule has 0 aromatic rings. The molecule has 0 radical (unpaired) electrons. The smallest absolute Gasteiger partial charge is 0.236 e. The van der Waals surface area contributed by atoms with Crippen molar-refractivity contribution in [1.29, 1.82) is 0 Å². The molecule has 0 atom stereocenters. The second-order valence-electron chi connectivity index (χ2n) is 5.34. The monoisotopic (exact) mass is 240 g/mol. The van der Waals surface area contributed by atoms with Crippen LogP contribution in [0.15, 0.2) is 0 Å². The Labute approximate surface area is 104 Å². The van der Waals surface area contributed by atoms with Crippen molar-refractivity contribution in [2.24, 2.45) is 5.92 Å². The first-order valence-corrected chi connectivity index (χ1v) is 6.47. The van der Waals surface area contributed by atoms with Gasteiger partial charge in [-0.25, -0.2) is 0 Å². The van der Waals surface area contributed by atoms with E-state index in [-0.39, 0.29) is 11.7 Å². The number of amides is 1. The number of Topliss-reactive ketones (excluding diaryl/α,β-unsaturated/α-hetero) is 1. The first kappa shape index (κ1) is 14.2. The molecule has 0 aromatic carbocycles. The van der Waals surface area contributed by atoms with E-state index in [0.29, 0.717) is 38.4 Å². The molecular weight excluding hydrogens is 216 g/mol. The van der Waals surface area contributed by atoms with Gasteiger partial charge in [-0.1, -0.05) is 13.8 Å². The van der Waals surface area contributed by atoms with Crippen molar-refractivity contribution < 1.29 is 9.59 Å². The van der Waals surface area contributed by atoms with E-state index in [9.17, 15) is 9.59 Å². The van der Waals surface area contributed by atoms with Crippen LogP contribution in [0.1, 0.15) is 33.1 Å². The summed E-state index contributed by atoms with van der Waals surface area (Å²) in [5.41, 5.74) is 0. The van der Waals surface area contributed by atoms with Gasteiger partial charge < -0.3 is 4.90 Å². The number of likely N-dealkylation sites (tertiary alicyclic amines) is 1. The van der Waals surface area contributed by atoms with Crippen LogP contribution in [0.25, 0.3) is 0 Å². The molecule has 1 heterocycles. The standard InChI is InChI=1S/C13H24N2O2/c1-11(2)4-7-14(3)10-13(17)15-8-5-12(16)6-9-15/h11H,4-10H2,1-3H3. The van der Waals surface area contributed by atoms with Gasteiger partial charge >= 0.3 is 0 Å². The zero-order valence-electron chi connectivity index (χ0n) is 11.2. The van der Waals surface area contributed by atoms with E-state index in [1.54, 1.807) is 0 Å². The van der Waals surface area contributed by atoms with E-state index < -0.39 is 0 Å². The van der Waals surface area contributed by atoms with Crippen molar-refractivity contribution in [3.05, 3.63) is 0 Å². The van der Waals surface area contributed by atoms with Crippen molar-refractivity contribution >= 4 is 11.7 Å². The number of hydrogen-bond donors (Lipinski definition) is 0. The van der Waals surface area contributed by atoms with Crippen LogP contribution in [0, 0.1) is 5.92 Å². The maximum absolute atomic E-state index is 11.9. The molecule has 4 nitrogen and oxygen atoms in total. The van der Waals surface area contributed by atoms with Gasteiger partial charge in [0, 0.05) is 25.9 Å². The third-order valence-corrected chi connectivity index (χ3v) is 3.17. The molecule has 1 aliphatic rings. The highest BCUT2D eigenvalue weighted by Gasteiger charge is 2.21. The second-order valence-corrected chi connectivity index (χ2v) is 5.34. The molecule has 0 aliphatic carbocycles. The Morgan fingerprint density at radius 3 is 2.47 bits per heavy atom. The van der Waals surface area contributed by atoms with Crippen molar-refractivity contribution in [1.82, 2.24) is 9.80 Å². The molecule has 1 aliphatic heterocycles. The van der Waals surface area contributed by atoms with Crippen LogP contribution < -0.4 is 0 Å². The highest BCUT2D eigenvalue weighted by atomic mass is 16.2. The maximum Gasteiger partial charge on any atom is 0.236 e. The Morgan fingerprint density at radius 1 is 1.35 bits per heavy atom. The normalized spacial score (nSPS) is 17.0. The maximum atomic E-state index is 11.9. The van der Waals surface area contributed by atoms with Crippen LogP contribution in [0.2, 0.25) is 0 Å². The molecule has 0 spiro atoms. The minimum atomic E-state index is 0.156. The zero-order chi connectivity index (χ0) is 12.8. The molecule has 0 N–H and O–H groups in total. The highest BCUT2D eigenvalue weighted by molar-refractivity contribution is 5.84. The van der Waals surface area contributed by atoms with E-state index in [1.807, 2.05) is 11.9 Å². The lowest BCUT2D eigenvalue weighted by Gasteiger charge is -2.28. The fourth-order valence-corrected chi connectivity index (χ4v) is 1.89. The Morgan fingerprint density at radius 2 is 1.94 bits per heavy atom. The molecule has 17 heavy (non-hydrogen) atoms. The number of ketones is 1. The van der Waals surface area contributed by atoms with E-state index >= 15 is 0 Å². The molecule has 4 heteroatoms. The van der Waals surface area contributed by atoms with Gasteiger partial charge in [0.05, 0.1) is 6.54 Å². The van der Waals surface area contributed by atoms with Gasteiger partial charge in [0.2, 0.25) is 5.91 Å². The summed E-state index contributed by atoms with van der Waals surface area (Å²) < 4.78 is 0.